The van der Waals surface area contributed by atoms with Gasteiger partial charge in [0.15, 0.2) is 0 Å². The van der Waals surface area contributed by atoms with Crippen LogP contribution < -0.4 is 5.32 Å². The predicted octanol–water partition coefficient (Wildman–Crippen LogP) is 4.21. The van der Waals surface area contributed by atoms with E-state index in [0.29, 0.717) is 0 Å². The van der Waals surface area contributed by atoms with Gasteiger partial charge >= 0.3 is 0 Å². The Labute approximate surface area is 104 Å². The molecule has 0 aliphatic rings. The third-order valence-corrected chi connectivity index (χ3v) is 2.71. The van der Waals surface area contributed by atoms with Crippen LogP contribution in [0.3, 0.4) is 0 Å². The molecular formula is C13H15BrN2. The number of nitrogens with zero attached hydrogens (tertiary/aromatic N) is 1. The lowest BCUT2D eigenvalue weighted by Gasteiger charge is -2.22. The highest BCUT2D eigenvalue weighted by molar-refractivity contribution is 9.10. The summed E-state index contributed by atoms with van der Waals surface area (Å²) in [6, 6.07) is 8.25. The second kappa shape index (κ2) is 4.06. The summed E-state index contributed by atoms with van der Waals surface area (Å²) < 4.78 is 1.09. The molecule has 0 fully saturated rings. The van der Waals surface area contributed by atoms with Crippen LogP contribution in [0.5, 0.6) is 0 Å². The predicted molar refractivity (Wildman–Crippen MR) is 72.8 cm³/mol. The lowest BCUT2D eigenvalue weighted by atomic mass is 10.1. The van der Waals surface area contributed by atoms with Crippen molar-refractivity contribution in [3.8, 4) is 0 Å². The molecule has 0 unspecified atom stereocenters. The summed E-state index contributed by atoms with van der Waals surface area (Å²) in [6.45, 7) is 6.39. The van der Waals surface area contributed by atoms with Crippen molar-refractivity contribution in [2.45, 2.75) is 26.3 Å². The molecule has 0 saturated heterocycles. The first-order valence-electron chi connectivity index (χ1n) is 5.28. The Morgan fingerprint density at radius 1 is 1.19 bits per heavy atom. The fourth-order valence-electron chi connectivity index (χ4n) is 1.60. The highest BCUT2D eigenvalue weighted by Gasteiger charge is 2.12. The van der Waals surface area contributed by atoms with Gasteiger partial charge in [0, 0.05) is 21.6 Å². The summed E-state index contributed by atoms with van der Waals surface area (Å²) in [5, 5.41) is 5.76. The van der Waals surface area contributed by atoms with Gasteiger partial charge in [0.1, 0.15) is 5.82 Å². The van der Waals surface area contributed by atoms with Crippen molar-refractivity contribution in [3.05, 3.63) is 34.9 Å². The molecule has 1 N–H and O–H groups in total. The monoisotopic (exact) mass is 278 g/mol. The Bertz CT molecular complexity index is 515. The molecule has 0 atom stereocenters. The Morgan fingerprint density at radius 3 is 2.62 bits per heavy atom. The maximum atomic E-state index is 4.40. The van der Waals surface area contributed by atoms with Crippen molar-refractivity contribution in [3.63, 3.8) is 0 Å². The van der Waals surface area contributed by atoms with Gasteiger partial charge in [-0.3, -0.25) is 0 Å². The zero-order valence-electron chi connectivity index (χ0n) is 9.71. The fraction of sp³-hybridized carbons (Fsp3) is 0.308. The van der Waals surface area contributed by atoms with E-state index >= 15 is 0 Å². The number of anilines is 1. The van der Waals surface area contributed by atoms with E-state index < -0.39 is 0 Å². The molecule has 1 aromatic heterocycles. The molecule has 2 nitrogen and oxygen atoms in total. The van der Waals surface area contributed by atoms with Gasteiger partial charge in [0.05, 0.1) is 0 Å². The van der Waals surface area contributed by atoms with Crippen LogP contribution in [0.15, 0.2) is 34.9 Å². The number of halogens is 1. The van der Waals surface area contributed by atoms with Gasteiger partial charge in [0.2, 0.25) is 0 Å². The van der Waals surface area contributed by atoms with E-state index in [9.17, 15) is 0 Å². The Morgan fingerprint density at radius 2 is 1.94 bits per heavy atom. The first-order chi connectivity index (χ1) is 7.46. The van der Waals surface area contributed by atoms with Crippen LogP contribution in [0.1, 0.15) is 20.8 Å². The summed E-state index contributed by atoms with van der Waals surface area (Å²) in [7, 11) is 0. The van der Waals surface area contributed by atoms with Crippen LogP contribution in [-0.2, 0) is 0 Å². The maximum absolute atomic E-state index is 4.40. The van der Waals surface area contributed by atoms with Crippen molar-refractivity contribution < 1.29 is 0 Å². The van der Waals surface area contributed by atoms with E-state index in [1.807, 2.05) is 18.3 Å². The third-order valence-electron chi connectivity index (χ3n) is 2.22. The van der Waals surface area contributed by atoms with Gasteiger partial charge in [-0.15, -0.1) is 0 Å². The van der Waals surface area contributed by atoms with Gasteiger partial charge in [-0.2, -0.15) is 0 Å². The van der Waals surface area contributed by atoms with Crippen molar-refractivity contribution in [2.24, 2.45) is 0 Å². The lowest BCUT2D eigenvalue weighted by molar-refractivity contribution is 0.631. The highest BCUT2D eigenvalue weighted by atomic mass is 79.9. The Hall–Kier alpha value is -1.09. The van der Waals surface area contributed by atoms with Gasteiger partial charge < -0.3 is 5.32 Å². The van der Waals surface area contributed by atoms with Crippen molar-refractivity contribution in [2.75, 3.05) is 5.32 Å². The molecular weight excluding hydrogens is 264 g/mol. The smallest absolute Gasteiger partial charge is 0.134 e. The molecule has 2 rings (SSSR count). The first-order valence-corrected chi connectivity index (χ1v) is 6.07. The van der Waals surface area contributed by atoms with Crippen molar-refractivity contribution >= 4 is 32.5 Å². The number of hydrogen-bond donors (Lipinski definition) is 1. The molecule has 0 aliphatic carbocycles. The number of fused-ring (bicyclic) bond motifs is 1. The fourth-order valence-corrected chi connectivity index (χ4v) is 1.98. The van der Waals surface area contributed by atoms with E-state index in [1.165, 1.54) is 5.39 Å². The number of benzene rings is 1. The molecule has 3 heteroatoms. The molecule has 0 amide bonds. The zero-order chi connectivity index (χ0) is 11.8. The van der Waals surface area contributed by atoms with Crippen LogP contribution in [0.4, 0.5) is 5.82 Å². The van der Waals surface area contributed by atoms with Crippen LogP contribution >= 0.6 is 15.9 Å². The number of nitrogens with one attached hydrogen (secondary N) is 1. The number of rotatable bonds is 1. The lowest BCUT2D eigenvalue weighted by Crippen LogP contribution is -2.26. The Balaban J connectivity index is 2.54. The van der Waals surface area contributed by atoms with E-state index in [-0.39, 0.29) is 5.54 Å². The standard InChI is InChI=1S/C13H15BrN2/c1-13(2,3)16-12-11-5-4-10(14)8-9(11)6-7-15-12/h4-8H,1-3H3,(H,15,16). The van der Waals surface area contributed by atoms with Crippen molar-refractivity contribution in [1.29, 1.82) is 0 Å². The number of hydrogen-bond acceptors (Lipinski definition) is 2. The molecule has 0 bridgehead atoms. The molecule has 16 heavy (non-hydrogen) atoms. The maximum Gasteiger partial charge on any atom is 0.134 e. The summed E-state index contributed by atoms with van der Waals surface area (Å²) >= 11 is 3.48. The van der Waals surface area contributed by atoms with E-state index in [2.05, 4.69) is 59.1 Å². The molecule has 0 spiro atoms. The molecule has 1 aromatic carbocycles. The van der Waals surface area contributed by atoms with Gasteiger partial charge in [-0.1, -0.05) is 15.9 Å². The molecule has 84 valence electrons. The number of pyridine rings is 1. The average Bonchev–Trinajstić information content (AvgIpc) is 2.15. The number of aromatic nitrogens is 1. The average molecular weight is 279 g/mol. The first kappa shape index (κ1) is 11.4. The van der Waals surface area contributed by atoms with Crippen LogP contribution in [-0.4, -0.2) is 10.5 Å². The SMILES string of the molecule is CC(C)(C)Nc1nccc2cc(Br)ccc12. The minimum atomic E-state index is 0.0222. The Kier molecular flexibility index (Phi) is 2.89. The third kappa shape index (κ3) is 2.53. The van der Waals surface area contributed by atoms with Crippen LogP contribution in [0.25, 0.3) is 10.8 Å². The molecule has 0 saturated carbocycles. The quantitative estimate of drug-likeness (QED) is 0.845. The van der Waals surface area contributed by atoms with E-state index in [0.717, 1.165) is 15.7 Å². The summed E-state index contributed by atoms with van der Waals surface area (Å²) in [5.74, 6) is 0.942. The summed E-state index contributed by atoms with van der Waals surface area (Å²) in [4.78, 5) is 4.40. The van der Waals surface area contributed by atoms with E-state index in [4.69, 9.17) is 0 Å². The largest absolute Gasteiger partial charge is 0.365 e. The summed E-state index contributed by atoms with van der Waals surface area (Å²) in [6.07, 6.45) is 1.84. The normalized spacial score (nSPS) is 11.8. The molecule has 0 radical (unpaired) electrons. The molecule has 0 aliphatic heterocycles. The van der Waals surface area contributed by atoms with E-state index in [1.54, 1.807) is 0 Å². The topological polar surface area (TPSA) is 24.9 Å². The van der Waals surface area contributed by atoms with Gasteiger partial charge in [0.25, 0.3) is 0 Å². The van der Waals surface area contributed by atoms with Crippen LogP contribution in [0, 0.1) is 0 Å². The van der Waals surface area contributed by atoms with Gasteiger partial charge in [-0.25, -0.2) is 4.98 Å². The minimum Gasteiger partial charge on any atom is -0.365 e. The van der Waals surface area contributed by atoms with Gasteiger partial charge in [-0.05, 0) is 50.4 Å². The molecule has 2 aromatic rings. The summed E-state index contributed by atoms with van der Waals surface area (Å²) in [5.41, 5.74) is 0.0222. The zero-order valence-corrected chi connectivity index (χ0v) is 11.3. The second-order valence-corrected chi connectivity index (χ2v) is 5.82. The van der Waals surface area contributed by atoms with Crippen LogP contribution in [0.2, 0.25) is 0 Å². The highest BCUT2D eigenvalue weighted by Crippen LogP contribution is 2.26. The minimum absolute atomic E-state index is 0.0222. The van der Waals surface area contributed by atoms with Crippen molar-refractivity contribution in [1.82, 2.24) is 4.98 Å². The molecule has 1 heterocycles. The second-order valence-electron chi connectivity index (χ2n) is 4.90.